The van der Waals surface area contributed by atoms with Crippen LogP contribution >= 0.6 is 23.1 Å². The first-order valence-electron chi connectivity index (χ1n) is 8.92. The molecule has 2 heterocycles. The summed E-state index contributed by atoms with van der Waals surface area (Å²) in [5, 5.41) is 0.681. The molecular formula is C22H20N2O2S2. The van der Waals surface area contributed by atoms with Crippen molar-refractivity contribution in [2.75, 3.05) is 11.2 Å². The van der Waals surface area contributed by atoms with Crippen LogP contribution < -0.4 is 4.90 Å². The van der Waals surface area contributed by atoms with E-state index in [0.717, 1.165) is 26.4 Å². The lowest BCUT2D eigenvalue weighted by atomic mass is 10.1. The molecule has 0 unspecified atom stereocenters. The molecule has 0 saturated heterocycles. The number of hydrogen-bond donors (Lipinski definition) is 0. The lowest BCUT2D eigenvalue weighted by molar-refractivity contribution is 0.0980. The second kappa shape index (κ2) is 7.81. The van der Waals surface area contributed by atoms with Crippen LogP contribution in [0.25, 0.3) is 10.2 Å². The van der Waals surface area contributed by atoms with Crippen LogP contribution in [0.15, 0.2) is 64.1 Å². The summed E-state index contributed by atoms with van der Waals surface area (Å²) >= 11 is 3.10. The number of carbonyl (C=O) groups is 1. The van der Waals surface area contributed by atoms with Gasteiger partial charge in [-0.05, 0) is 61.6 Å². The van der Waals surface area contributed by atoms with Crippen molar-refractivity contribution in [3.8, 4) is 0 Å². The average Bonchev–Trinajstić information content (AvgIpc) is 3.35. The minimum atomic E-state index is -0.0743. The highest BCUT2D eigenvalue weighted by molar-refractivity contribution is 7.98. The Morgan fingerprint density at radius 3 is 2.75 bits per heavy atom. The van der Waals surface area contributed by atoms with Gasteiger partial charge in [0.15, 0.2) is 5.13 Å². The van der Waals surface area contributed by atoms with Crippen molar-refractivity contribution in [2.24, 2.45) is 0 Å². The predicted octanol–water partition coefficient (Wildman–Crippen LogP) is 6.08. The van der Waals surface area contributed by atoms with Gasteiger partial charge in [-0.15, -0.1) is 11.8 Å². The number of fused-ring (bicyclic) bond motifs is 1. The number of carbonyl (C=O) groups excluding carboxylic acids is 1. The summed E-state index contributed by atoms with van der Waals surface area (Å²) in [4.78, 5) is 21.0. The first-order chi connectivity index (χ1) is 13.6. The number of aryl methyl sites for hydroxylation is 2. The third kappa shape index (κ3) is 3.57. The zero-order chi connectivity index (χ0) is 19.7. The van der Waals surface area contributed by atoms with Gasteiger partial charge in [-0.2, -0.15) is 0 Å². The maximum absolute atomic E-state index is 13.5. The molecule has 0 saturated carbocycles. The van der Waals surface area contributed by atoms with Crippen molar-refractivity contribution >= 4 is 44.4 Å². The highest BCUT2D eigenvalue weighted by Crippen LogP contribution is 2.34. The van der Waals surface area contributed by atoms with Gasteiger partial charge in [-0.1, -0.05) is 29.5 Å². The molecule has 0 radical (unpaired) electrons. The zero-order valence-electron chi connectivity index (χ0n) is 15.9. The van der Waals surface area contributed by atoms with Crippen molar-refractivity contribution in [3.05, 3.63) is 77.2 Å². The molecule has 0 bridgehead atoms. The number of rotatable bonds is 5. The molecule has 4 rings (SSSR count). The van der Waals surface area contributed by atoms with E-state index in [1.54, 1.807) is 22.9 Å². The SMILES string of the molecule is CSc1ccccc1C(=O)N(Cc1ccco1)c1nc2c(C)cc(C)cc2s1. The van der Waals surface area contributed by atoms with Gasteiger partial charge >= 0.3 is 0 Å². The molecule has 0 spiro atoms. The van der Waals surface area contributed by atoms with E-state index in [0.29, 0.717) is 17.2 Å². The molecule has 0 aliphatic rings. The first-order valence-corrected chi connectivity index (χ1v) is 11.0. The Hall–Kier alpha value is -2.57. The number of thioether (sulfide) groups is 1. The minimum absolute atomic E-state index is 0.0743. The highest BCUT2D eigenvalue weighted by atomic mass is 32.2. The minimum Gasteiger partial charge on any atom is -0.467 e. The number of anilines is 1. The second-order valence-electron chi connectivity index (χ2n) is 6.60. The van der Waals surface area contributed by atoms with Crippen LogP contribution in [0.2, 0.25) is 0 Å². The van der Waals surface area contributed by atoms with Crippen LogP contribution in [0.1, 0.15) is 27.2 Å². The maximum atomic E-state index is 13.5. The molecule has 2 aromatic heterocycles. The van der Waals surface area contributed by atoms with Crippen molar-refractivity contribution in [2.45, 2.75) is 25.3 Å². The molecule has 28 heavy (non-hydrogen) atoms. The monoisotopic (exact) mass is 408 g/mol. The summed E-state index contributed by atoms with van der Waals surface area (Å²) in [5.41, 5.74) is 3.93. The highest BCUT2D eigenvalue weighted by Gasteiger charge is 2.24. The van der Waals surface area contributed by atoms with Crippen molar-refractivity contribution in [1.82, 2.24) is 4.98 Å². The largest absolute Gasteiger partial charge is 0.467 e. The summed E-state index contributed by atoms with van der Waals surface area (Å²) in [6, 6.07) is 15.6. The van der Waals surface area contributed by atoms with Crippen molar-refractivity contribution in [3.63, 3.8) is 0 Å². The lowest BCUT2D eigenvalue weighted by Gasteiger charge is -2.20. The lowest BCUT2D eigenvalue weighted by Crippen LogP contribution is -2.30. The van der Waals surface area contributed by atoms with E-state index in [1.165, 1.54) is 16.9 Å². The summed E-state index contributed by atoms with van der Waals surface area (Å²) in [6.45, 7) is 4.47. The third-order valence-corrected chi connectivity index (χ3v) is 6.35. The van der Waals surface area contributed by atoms with Crippen LogP contribution in [0.5, 0.6) is 0 Å². The standard InChI is InChI=1S/C22H20N2O2S2/c1-14-11-15(2)20-19(12-14)28-22(23-20)24(13-16-7-6-10-26-16)21(25)17-8-4-5-9-18(17)27-3/h4-12H,13H2,1-3H3. The van der Waals surface area contributed by atoms with Crippen molar-refractivity contribution < 1.29 is 9.21 Å². The molecule has 0 atom stereocenters. The van der Waals surface area contributed by atoms with E-state index < -0.39 is 0 Å². The van der Waals surface area contributed by atoms with Gasteiger partial charge in [0.1, 0.15) is 5.76 Å². The van der Waals surface area contributed by atoms with Gasteiger partial charge in [0, 0.05) is 4.90 Å². The summed E-state index contributed by atoms with van der Waals surface area (Å²) in [6.07, 6.45) is 3.60. The molecule has 0 N–H and O–H groups in total. The smallest absolute Gasteiger partial charge is 0.261 e. The van der Waals surface area contributed by atoms with E-state index >= 15 is 0 Å². The van der Waals surface area contributed by atoms with Crippen molar-refractivity contribution in [1.29, 1.82) is 0 Å². The first kappa shape index (κ1) is 18.8. The molecule has 142 valence electrons. The summed E-state index contributed by atoms with van der Waals surface area (Å²) in [5.74, 6) is 0.650. The zero-order valence-corrected chi connectivity index (χ0v) is 17.6. The molecule has 4 nitrogen and oxygen atoms in total. The van der Waals surface area contributed by atoms with E-state index in [1.807, 2.05) is 42.7 Å². The Kier molecular flexibility index (Phi) is 5.24. The van der Waals surface area contributed by atoms with E-state index in [2.05, 4.69) is 26.0 Å². The van der Waals surface area contributed by atoms with Crippen LogP contribution in [-0.4, -0.2) is 17.1 Å². The summed E-state index contributed by atoms with van der Waals surface area (Å²) in [7, 11) is 0. The molecule has 1 amide bonds. The fourth-order valence-corrected chi connectivity index (χ4v) is 4.96. The van der Waals surface area contributed by atoms with E-state index in [9.17, 15) is 4.79 Å². The number of nitrogens with zero attached hydrogens (tertiary/aromatic N) is 2. The predicted molar refractivity (Wildman–Crippen MR) is 117 cm³/mol. The third-order valence-electron chi connectivity index (χ3n) is 4.53. The fraction of sp³-hybridized carbons (Fsp3) is 0.182. The molecule has 6 heteroatoms. The number of furan rings is 1. The van der Waals surface area contributed by atoms with Gasteiger partial charge in [0.2, 0.25) is 0 Å². The maximum Gasteiger partial charge on any atom is 0.261 e. The Labute approximate surface area is 172 Å². The molecule has 0 aliphatic heterocycles. The topological polar surface area (TPSA) is 46.3 Å². The van der Waals surface area contributed by atoms with Gasteiger partial charge < -0.3 is 4.42 Å². The van der Waals surface area contributed by atoms with E-state index in [4.69, 9.17) is 9.40 Å². The Morgan fingerprint density at radius 1 is 1.18 bits per heavy atom. The average molecular weight is 409 g/mol. The number of benzene rings is 2. The number of amides is 1. The number of hydrogen-bond acceptors (Lipinski definition) is 5. The molecule has 2 aromatic carbocycles. The Balaban J connectivity index is 1.82. The van der Waals surface area contributed by atoms with Crippen LogP contribution in [0.3, 0.4) is 0 Å². The van der Waals surface area contributed by atoms with E-state index in [-0.39, 0.29) is 5.91 Å². The van der Waals surface area contributed by atoms with Crippen LogP contribution in [0.4, 0.5) is 5.13 Å². The molecule has 4 aromatic rings. The Bertz CT molecular complexity index is 1130. The van der Waals surface area contributed by atoms with Gasteiger partial charge in [-0.3, -0.25) is 9.69 Å². The molecular weight excluding hydrogens is 388 g/mol. The fourth-order valence-electron chi connectivity index (χ4n) is 3.23. The van der Waals surface area contributed by atoms with Gasteiger partial charge in [0.25, 0.3) is 5.91 Å². The number of thiazole rings is 1. The Morgan fingerprint density at radius 2 is 2.00 bits per heavy atom. The molecule has 0 aliphatic carbocycles. The van der Waals surface area contributed by atoms with Gasteiger partial charge in [-0.25, -0.2) is 4.98 Å². The summed E-state index contributed by atoms with van der Waals surface area (Å²) < 4.78 is 6.61. The van der Waals surface area contributed by atoms with Crippen LogP contribution in [0, 0.1) is 13.8 Å². The molecule has 0 fully saturated rings. The van der Waals surface area contributed by atoms with Gasteiger partial charge in [0.05, 0.1) is 28.6 Å². The van der Waals surface area contributed by atoms with Crippen LogP contribution in [-0.2, 0) is 6.54 Å². The quantitative estimate of drug-likeness (QED) is 0.376. The second-order valence-corrected chi connectivity index (χ2v) is 8.45. The normalized spacial score (nSPS) is 11.1. The number of aromatic nitrogens is 1.